The minimum Gasteiger partial charge on any atom is -0.312 e. The van der Waals surface area contributed by atoms with Crippen molar-refractivity contribution in [3.05, 3.63) is 33.8 Å². The molecule has 102 valence electrons. The third kappa shape index (κ3) is 4.79. The Kier molecular flexibility index (Phi) is 5.51. The van der Waals surface area contributed by atoms with E-state index in [9.17, 15) is 0 Å². The van der Waals surface area contributed by atoms with Gasteiger partial charge in [-0.05, 0) is 62.9 Å². The molecule has 0 aromatic heterocycles. The monoisotopic (exact) mass is 287 g/mol. The largest absolute Gasteiger partial charge is 0.312 e. The maximum atomic E-state index is 6.25. The zero-order valence-electron chi connectivity index (χ0n) is 11.8. The highest BCUT2D eigenvalue weighted by Crippen LogP contribution is 2.32. The highest BCUT2D eigenvalue weighted by Gasteiger charge is 2.19. The van der Waals surface area contributed by atoms with Crippen molar-refractivity contribution in [3.63, 3.8) is 0 Å². The summed E-state index contributed by atoms with van der Waals surface area (Å²) in [4.78, 5) is 0. The summed E-state index contributed by atoms with van der Waals surface area (Å²) in [6.45, 7) is 11.9. The molecule has 3 heteroatoms. The molecule has 1 aromatic rings. The first-order valence-electron chi connectivity index (χ1n) is 6.40. The minimum absolute atomic E-state index is 0.145. The van der Waals surface area contributed by atoms with E-state index < -0.39 is 0 Å². The third-order valence-electron chi connectivity index (χ3n) is 3.26. The van der Waals surface area contributed by atoms with Gasteiger partial charge in [0, 0.05) is 15.6 Å². The van der Waals surface area contributed by atoms with Gasteiger partial charge >= 0.3 is 0 Å². The Morgan fingerprint density at radius 2 is 1.78 bits per heavy atom. The van der Waals surface area contributed by atoms with E-state index in [0.29, 0.717) is 11.8 Å². The maximum absolute atomic E-state index is 6.25. The van der Waals surface area contributed by atoms with Crippen LogP contribution in [0.15, 0.2) is 18.2 Å². The van der Waals surface area contributed by atoms with E-state index in [2.05, 4.69) is 39.9 Å². The van der Waals surface area contributed by atoms with E-state index in [-0.39, 0.29) is 5.54 Å². The van der Waals surface area contributed by atoms with Crippen LogP contribution in [0.2, 0.25) is 10.0 Å². The number of halogens is 2. The van der Waals surface area contributed by atoms with E-state index in [0.717, 1.165) is 22.2 Å². The lowest BCUT2D eigenvalue weighted by molar-refractivity contribution is 0.359. The van der Waals surface area contributed by atoms with Crippen molar-refractivity contribution in [3.8, 4) is 0 Å². The highest BCUT2D eigenvalue weighted by atomic mass is 35.5. The summed E-state index contributed by atoms with van der Waals surface area (Å²) in [6.07, 6.45) is 0. The molecule has 2 unspecified atom stereocenters. The van der Waals surface area contributed by atoms with Crippen LogP contribution < -0.4 is 5.32 Å². The van der Waals surface area contributed by atoms with E-state index in [1.165, 1.54) is 0 Å². The predicted octanol–water partition coefficient (Wildman–Crippen LogP) is 5.12. The van der Waals surface area contributed by atoms with Crippen LogP contribution in [-0.2, 0) is 0 Å². The maximum Gasteiger partial charge on any atom is 0.0441 e. The molecule has 0 aliphatic heterocycles. The molecule has 0 spiro atoms. The summed E-state index contributed by atoms with van der Waals surface area (Å²) >= 11 is 12.3. The van der Waals surface area contributed by atoms with Crippen molar-refractivity contribution in [2.24, 2.45) is 5.92 Å². The molecule has 1 aromatic carbocycles. The van der Waals surface area contributed by atoms with Crippen LogP contribution >= 0.6 is 23.2 Å². The minimum atomic E-state index is 0.145. The number of hydrogen-bond donors (Lipinski definition) is 1. The first kappa shape index (κ1) is 15.8. The summed E-state index contributed by atoms with van der Waals surface area (Å²) in [5.74, 6) is 0.881. The van der Waals surface area contributed by atoms with Crippen molar-refractivity contribution in [2.45, 2.75) is 46.1 Å². The second kappa shape index (κ2) is 6.27. The molecule has 0 amide bonds. The van der Waals surface area contributed by atoms with E-state index >= 15 is 0 Å². The molecule has 1 N–H and O–H groups in total. The summed E-state index contributed by atoms with van der Waals surface area (Å²) in [5.41, 5.74) is 1.28. The summed E-state index contributed by atoms with van der Waals surface area (Å²) in [5, 5.41) is 5.08. The van der Waals surface area contributed by atoms with Crippen LogP contribution in [0.25, 0.3) is 0 Å². The Balaban J connectivity index is 2.74. The van der Waals surface area contributed by atoms with Gasteiger partial charge in [-0.3, -0.25) is 0 Å². The zero-order valence-corrected chi connectivity index (χ0v) is 13.4. The fourth-order valence-corrected chi connectivity index (χ4v) is 2.28. The first-order valence-corrected chi connectivity index (χ1v) is 7.16. The topological polar surface area (TPSA) is 12.0 Å². The number of benzene rings is 1. The zero-order chi connectivity index (χ0) is 13.9. The molecule has 0 bridgehead atoms. The average Bonchev–Trinajstić information content (AvgIpc) is 2.27. The van der Waals surface area contributed by atoms with Gasteiger partial charge in [0.1, 0.15) is 0 Å². The van der Waals surface area contributed by atoms with E-state index in [1.54, 1.807) is 0 Å². The van der Waals surface area contributed by atoms with Gasteiger partial charge in [0.05, 0.1) is 0 Å². The Morgan fingerprint density at radius 1 is 1.17 bits per heavy atom. The molecule has 0 heterocycles. The van der Waals surface area contributed by atoms with Crippen LogP contribution in [-0.4, -0.2) is 12.1 Å². The van der Waals surface area contributed by atoms with Crippen molar-refractivity contribution in [1.29, 1.82) is 0 Å². The lowest BCUT2D eigenvalue weighted by Gasteiger charge is -2.27. The predicted molar refractivity (Wildman–Crippen MR) is 81.8 cm³/mol. The normalized spacial score (nSPS) is 15.5. The first-order chi connectivity index (χ1) is 8.20. The van der Waals surface area contributed by atoms with Gasteiger partial charge in [-0.1, -0.05) is 37.0 Å². The van der Waals surface area contributed by atoms with Crippen LogP contribution in [0.3, 0.4) is 0 Å². The lowest BCUT2D eigenvalue weighted by atomic mass is 9.88. The van der Waals surface area contributed by atoms with Crippen molar-refractivity contribution >= 4 is 23.2 Å². The van der Waals surface area contributed by atoms with Crippen LogP contribution in [0.4, 0.5) is 0 Å². The second-order valence-corrected chi connectivity index (χ2v) is 6.91. The Bertz CT molecular complexity index is 396. The Morgan fingerprint density at radius 3 is 2.33 bits per heavy atom. The molecule has 18 heavy (non-hydrogen) atoms. The van der Waals surface area contributed by atoms with Gasteiger partial charge in [0.25, 0.3) is 0 Å². The molecule has 0 aliphatic rings. The number of rotatable bonds is 4. The smallest absolute Gasteiger partial charge is 0.0441 e. The van der Waals surface area contributed by atoms with E-state index in [4.69, 9.17) is 23.2 Å². The van der Waals surface area contributed by atoms with Gasteiger partial charge in [0.15, 0.2) is 0 Å². The van der Waals surface area contributed by atoms with Gasteiger partial charge in [-0.2, -0.15) is 0 Å². The third-order valence-corrected chi connectivity index (χ3v) is 3.84. The molecule has 0 saturated heterocycles. The average molecular weight is 288 g/mol. The van der Waals surface area contributed by atoms with Crippen molar-refractivity contribution in [2.75, 3.05) is 6.54 Å². The SMILES string of the molecule is CC(CNC(C)(C)C)C(C)c1cc(Cl)ccc1Cl. The standard InChI is InChI=1S/C15H23Cl2N/c1-10(9-18-15(3,4)5)11(2)13-8-12(16)6-7-14(13)17/h6-8,10-11,18H,9H2,1-5H3. The molecule has 2 atom stereocenters. The Labute approximate surface area is 121 Å². The van der Waals surface area contributed by atoms with E-state index in [1.807, 2.05) is 18.2 Å². The van der Waals surface area contributed by atoms with Gasteiger partial charge < -0.3 is 5.32 Å². The summed E-state index contributed by atoms with van der Waals surface area (Å²) in [7, 11) is 0. The molecule has 1 nitrogen and oxygen atoms in total. The van der Waals surface area contributed by atoms with Crippen molar-refractivity contribution < 1.29 is 0 Å². The molecular formula is C15H23Cl2N. The fraction of sp³-hybridized carbons (Fsp3) is 0.600. The molecule has 0 aliphatic carbocycles. The summed E-state index contributed by atoms with van der Waals surface area (Å²) in [6, 6.07) is 5.68. The number of nitrogens with one attached hydrogen (secondary N) is 1. The second-order valence-electron chi connectivity index (χ2n) is 6.06. The molecular weight excluding hydrogens is 265 g/mol. The highest BCUT2D eigenvalue weighted by molar-refractivity contribution is 6.33. The lowest BCUT2D eigenvalue weighted by Crippen LogP contribution is -2.39. The Hall–Kier alpha value is -0.240. The van der Waals surface area contributed by atoms with Crippen molar-refractivity contribution in [1.82, 2.24) is 5.32 Å². The van der Waals surface area contributed by atoms with Gasteiger partial charge in [-0.25, -0.2) is 0 Å². The van der Waals surface area contributed by atoms with Crippen LogP contribution in [0.1, 0.15) is 46.1 Å². The number of hydrogen-bond acceptors (Lipinski definition) is 1. The quantitative estimate of drug-likeness (QED) is 0.810. The van der Waals surface area contributed by atoms with Crippen LogP contribution in [0.5, 0.6) is 0 Å². The fourth-order valence-electron chi connectivity index (χ4n) is 1.81. The molecule has 1 rings (SSSR count). The molecule has 0 fully saturated rings. The molecule has 0 saturated carbocycles. The van der Waals surface area contributed by atoms with Crippen LogP contribution in [0, 0.1) is 5.92 Å². The van der Waals surface area contributed by atoms with Gasteiger partial charge in [-0.15, -0.1) is 0 Å². The summed E-state index contributed by atoms with van der Waals surface area (Å²) < 4.78 is 0. The molecule has 0 radical (unpaired) electrons. The van der Waals surface area contributed by atoms with Gasteiger partial charge in [0.2, 0.25) is 0 Å².